The van der Waals surface area contributed by atoms with Gasteiger partial charge in [-0.2, -0.15) is 0 Å². The van der Waals surface area contributed by atoms with E-state index < -0.39 is 0 Å². The Balaban J connectivity index is 1.15. The van der Waals surface area contributed by atoms with Crippen LogP contribution in [0.1, 0.15) is 0 Å². The molecule has 10 aromatic rings. The van der Waals surface area contributed by atoms with Crippen LogP contribution in [0.4, 0.5) is 0 Å². The molecule has 3 heterocycles. The predicted octanol–water partition coefficient (Wildman–Crippen LogP) is 12.5. The molecule has 3 heteroatoms. The first kappa shape index (κ1) is 27.5. The van der Waals surface area contributed by atoms with Gasteiger partial charge in [-0.1, -0.05) is 140 Å². The summed E-state index contributed by atoms with van der Waals surface area (Å²) in [5.41, 5.74) is 12.2. The van der Waals surface area contributed by atoms with Gasteiger partial charge in [-0.15, -0.1) is 0 Å². The molecule has 0 aliphatic rings. The Labute approximate surface area is 282 Å². The van der Waals surface area contributed by atoms with Crippen LogP contribution in [0, 0.1) is 0 Å². The molecule has 3 aromatic heterocycles. The molecule has 3 nitrogen and oxygen atoms in total. The average molecular weight is 625 g/mol. The Morgan fingerprint density at radius 2 is 0.939 bits per heavy atom. The second-order valence-corrected chi connectivity index (χ2v) is 12.5. The van der Waals surface area contributed by atoms with Crippen molar-refractivity contribution in [2.24, 2.45) is 0 Å². The first-order valence-corrected chi connectivity index (χ1v) is 16.6. The predicted molar refractivity (Wildman–Crippen MR) is 204 cm³/mol. The fourth-order valence-electron chi connectivity index (χ4n) is 7.29. The Bertz CT molecular complexity index is 2870. The lowest BCUT2D eigenvalue weighted by Gasteiger charge is -2.10. The molecule has 0 N–H and O–H groups in total. The third-order valence-electron chi connectivity index (χ3n) is 9.65. The smallest absolute Gasteiger partial charge is 0.143 e. The first-order chi connectivity index (χ1) is 24.3. The lowest BCUT2D eigenvalue weighted by Crippen LogP contribution is -1.91. The lowest BCUT2D eigenvalue weighted by atomic mass is 9.93. The normalized spacial score (nSPS) is 11.7. The van der Waals surface area contributed by atoms with Crippen LogP contribution in [0.15, 0.2) is 174 Å². The van der Waals surface area contributed by atoms with E-state index in [0.717, 1.165) is 82.8 Å². The van der Waals surface area contributed by atoms with Crippen LogP contribution in [-0.2, 0) is 0 Å². The summed E-state index contributed by atoms with van der Waals surface area (Å²) in [5, 5.41) is 6.68. The third kappa shape index (κ3) is 4.51. The summed E-state index contributed by atoms with van der Waals surface area (Å²) in [5.74, 6) is 0. The number of fused-ring (bicyclic) bond motifs is 8. The van der Waals surface area contributed by atoms with E-state index in [9.17, 15) is 0 Å². The molecule has 49 heavy (non-hydrogen) atoms. The second kappa shape index (κ2) is 11.0. The van der Waals surface area contributed by atoms with Gasteiger partial charge in [0.15, 0.2) is 0 Å². The molecule has 0 radical (unpaired) electrons. The van der Waals surface area contributed by atoms with E-state index in [0.29, 0.717) is 0 Å². The lowest BCUT2D eigenvalue weighted by molar-refractivity contribution is 0.673. The van der Waals surface area contributed by atoms with Crippen LogP contribution < -0.4 is 0 Å². The van der Waals surface area contributed by atoms with Crippen LogP contribution in [-0.4, -0.2) is 9.97 Å². The number of rotatable bonds is 4. The monoisotopic (exact) mass is 624 g/mol. The highest BCUT2D eigenvalue weighted by molar-refractivity contribution is 6.22. The highest BCUT2D eigenvalue weighted by Gasteiger charge is 2.18. The van der Waals surface area contributed by atoms with Crippen molar-refractivity contribution < 1.29 is 4.42 Å². The third-order valence-corrected chi connectivity index (χ3v) is 9.65. The van der Waals surface area contributed by atoms with E-state index in [2.05, 4.69) is 152 Å². The molecule has 228 valence electrons. The molecule has 0 saturated heterocycles. The van der Waals surface area contributed by atoms with E-state index in [1.807, 2.05) is 18.2 Å². The summed E-state index contributed by atoms with van der Waals surface area (Å²) in [7, 11) is 0. The minimum absolute atomic E-state index is 0.879. The zero-order valence-electron chi connectivity index (χ0n) is 26.5. The van der Waals surface area contributed by atoms with Crippen LogP contribution in [0.3, 0.4) is 0 Å². The molecule has 0 amide bonds. The van der Waals surface area contributed by atoms with Gasteiger partial charge < -0.3 is 4.42 Å². The molecule has 0 aliphatic carbocycles. The van der Waals surface area contributed by atoms with Crippen LogP contribution in [0.2, 0.25) is 0 Å². The molecule has 0 saturated carbocycles. The summed E-state index contributed by atoms with van der Waals surface area (Å²) < 4.78 is 6.64. The van der Waals surface area contributed by atoms with Gasteiger partial charge in [-0.25, -0.2) is 9.97 Å². The number of nitrogens with zero attached hydrogens (tertiary/aromatic N) is 2. The van der Waals surface area contributed by atoms with Gasteiger partial charge in [-0.3, -0.25) is 0 Å². The summed E-state index contributed by atoms with van der Waals surface area (Å²) >= 11 is 0. The van der Waals surface area contributed by atoms with Gasteiger partial charge in [0, 0.05) is 38.1 Å². The Hall–Kier alpha value is -6.58. The SMILES string of the molecule is c1ccc(-c2ccc3ccc4ccc(-c5cccc(-c6cccc7oc8c9ccccc9c(-c9ccccc9)cc8c67)c5)nc4c3n2)cc1. The number of hydrogen-bond acceptors (Lipinski definition) is 3. The van der Waals surface area contributed by atoms with E-state index in [1.54, 1.807) is 0 Å². The quantitative estimate of drug-likeness (QED) is 0.183. The minimum atomic E-state index is 0.879. The number of aromatic nitrogens is 2. The van der Waals surface area contributed by atoms with Gasteiger partial charge in [0.2, 0.25) is 0 Å². The minimum Gasteiger partial charge on any atom is -0.455 e. The van der Waals surface area contributed by atoms with Crippen LogP contribution >= 0.6 is 0 Å². The van der Waals surface area contributed by atoms with E-state index in [-0.39, 0.29) is 0 Å². The van der Waals surface area contributed by atoms with E-state index >= 15 is 0 Å². The van der Waals surface area contributed by atoms with Crippen LogP contribution in [0.5, 0.6) is 0 Å². The summed E-state index contributed by atoms with van der Waals surface area (Å²) in [4.78, 5) is 10.4. The zero-order chi connectivity index (χ0) is 32.3. The van der Waals surface area contributed by atoms with Crippen molar-refractivity contribution in [3.63, 3.8) is 0 Å². The summed E-state index contributed by atoms with van der Waals surface area (Å²) in [6.07, 6.45) is 0. The number of furan rings is 1. The van der Waals surface area contributed by atoms with Crippen molar-refractivity contribution in [2.45, 2.75) is 0 Å². The molecular formula is C46H28N2O. The molecule has 0 spiro atoms. The maximum absolute atomic E-state index is 6.64. The average Bonchev–Trinajstić information content (AvgIpc) is 3.57. The van der Waals surface area contributed by atoms with Crippen molar-refractivity contribution in [3.8, 4) is 44.8 Å². The molecule has 0 aliphatic heterocycles. The molecule has 10 rings (SSSR count). The van der Waals surface area contributed by atoms with Gasteiger partial charge in [0.05, 0.1) is 22.4 Å². The summed E-state index contributed by atoms with van der Waals surface area (Å²) in [6, 6.07) is 59.6. The molecule has 0 atom stereocenters. The second-order valence-electron chi connectivity index (χ2n) is 12.5. The van der Waals surface area contributed by atoms with Gasteiger partial charge in [0.1, 0.15) is 11.2 Å². The molecule has 0 bridgehead atoms. The van der Waals surface area contributed by atoms with Crippen molar-refractivity contribution in [3.05, 3.63) is 170 Å². The Morgan fingerprint density at radius 1 is 0.367 bits per heavy atom. The molecule has 0 fully saturated rings. The van der Waals surface area contributed by atoms with Gasteiger partial charge in [0.25, 0.3) is 0 Å². The fraction of sp³-hybridized carbons (Fsp3) is 0. The van der Waals surface area contributed by atoms with E-state index in [1.165, 1.54) is 16.5 Å². The zero-order valence-corrected chi connectivity index (χ0v) is 26.5. The number of hydrogen-bond donors (Lipinski definition) is 0. The Morgan fingerprint density at radius 3 is 1.67 bits per heavy atom. The van der Waals surface area contributed by atoms with Crippen LogP contribution in [0.25, 0.3) is 99.3 Å². The maximum atomic E-state index is 6.64. The molecule has 7 aromatic carbocycles. The van der Waals surface area contributed by atoms with E-state index in [4.69, 9.17) is 14.4 Å². The Kier molecular flexibility index (Phi) is 6.18. The maximum Gasteiger partial charge on any atom is 0.143 e. The van der Waals surface area contributed by atoms with Gasteiger partial charge >= 0.3 is 0 Å². The highest BCUT2D eigenvalue weighted by atomic mass is 16.3. The number of pyridine rings is 2. The molecule has 0 unspecified atom stereocenters. The van der Waals surface area contributed by atoms with Crippen molar-refractivity contribution in [1.29, 1.82) is 0 Å². The standard InChI is InChI=1S/C46H28N2O/c1-3-11-29(12-4-1)38-28-39-43-35(19-10-20-42(43)49-46(39)37-18-8-7-17-36(37)38)33-15-9-16-34(27-33)41-26-24-32-22-21-31-23-25-40(30-13-5-2-6-14-30)47-44(31)45(32)48-41/h1-28H. The van der Waals surface area contributed by atoms with Crippen molar-refractivity contribution >= 4 is 54.5 Å². The summed E-state index contributed by atoms with van der Waals surface area (Å²) in [6.45, 7) is 0. The highest BCUT2D eigenvalue weighted by Crippen LogP contribution is 2.43. The molecular weight excluding hydrogens is 597 g/mol. The van der Waals surface area contributed by atoms with Crippen molar-refractivity contribution in [2.75, 3.05) is 0 Å². The topological polar surface area (TPSA) is 38.9 Å². The largest absolute Gasteiger partial charge is 0.455 e. The fourth-order valence-corrected chi connectivity index (χ4v) is 7.29. The van der Waals surface area contributed by atoms with Gasteiger partial charge in [-0.05, 0) is 58.0 Å². The first-order valence-electron chi connectivity index (χ1n) is 16.6. The number of benzene rings is 7. The van der Waals surface area contributed by atoms with Crippen molar-refractivity contribution in [1.82, 2.24) is 9.97 Å².